The van der Waals surface area contributed by atoms with Gasteiger partial charge in [-0.3, -0.25) is 9.59 Å². The number of unbranched alkanes of at least 4 members (excludes halogenated alkanes) is 2. The first-order valence-corrected chi connectivity index (χ1v) is 5.97. The Kier molecular flexibility index (Phi) is 7.25. The molecule has 4 heteroatoms. The molecule has 0 heterocycles. The molecule has 0 amide bonds. The Hall–Kier alpha value is -1.32. The van der Waals surface area contributed by atoms with Crippen LogP contribution in [0.3, 0.4) is 0 Å². The zero-order valence-electron chi connectivity index (χ0n) is 10.6. The second-order valence-electron chi connectivity index (χ2n) is 3.29. The third-order valence-corrected chi connectivity index (χ3v) is 2.24. The zero-order chi connectivity index (χ0) is 12.6. The normalized spacial score (nSPS) is 9.50. The summed E-state index contributed by atoms with van der Waals surface area (Å²) in [6.45, 7) is 6.88. The number of hydrogen-bond donors (Lipinski definition) is 2. The van der Waals surface area contributed by atoms with E-state index in [1.807, 2.05) is 13.8 Å². The van der Waals surface area contributed by atoms with Gasteiger partial charge in [-0.2, -0.15) is 0 Å². The molecule has 0 radical (unpaired) electrons. The van der Waals surface area contributed by atoms with Gasteiger partial charge in [0.15, 0.2) is 0 Å². The van der Waals surface area contributed by atoms with E-state index in [2.05, 4.69) is 17.6 Å². The minimum Gasteiger partial charge on any atom is -0.383 e. The smallest absolute Gasteiger partial charge is 0.253 e. The molecule has 96 valence electrons. The molecule has 0 spiro atoms. The van der Waals surface area contributed by atoms with Crippen molar-refractivity contribution < 1.29 is 2.85 Å². The number of anilines is 2. The van der Waals surface area contributed by atoms with Crippen molar-refractivity contribution in [3.8, 4) is 0 Å². The van der Waals surface area contributed by atoms with E-state index in [0.29, 0.717) is 11.4 Å². The second-order valence-corrected chi connectivity index (χ2v) is 3.29. The molecule has 0 saturated heterocycles. The van der Waals surface area contributed by atoms with E-state index < -0.39 is 10.9 Å². The van der Waals surface area contributed by atoms with Crippen LogP contribution < -0.4 is 21.5 Å². The maximum atomic E-state index is 11.1. The molecular weight excluding hydrogens is 204 g/mol. The quantitative estimate of drug-likeness (QED) is 0.582. The molecule has 0 fully saturated rings. The van der Waals surface area contributed by atoms with Gasteiger partial charge in [-0.15, -0.1) is 0 Å². The van der Waals surface area contributed by atoms with Gasteiger partial charge >= 0.3 is 0 Å². The summed E-state index contributed by atoms with van der Waals surface area (Å²) in [6, 6.07) is 0. The van der Waals surface area contributed by atoms with Crippen LogP contribution in [0.1, 0.15) is 42.9 Å². The van der Waals surface area contributed by atoms with Gasteiger partial charge in [0, 0.05) is 16.4 Å². The monoisotopic (exact) mass is 230 g/mol. The van der Waals surface area contributed by atoms with Crippen LogP contribution in [0.15, 0.2) is 9.59 Å². The summed E-state index contributed by atoms with van der Waals surface area (Å²) in [4.78, 5) is 22.1. The first kappa shape index (κ1) is 14.7. The van der Waals surface area contributed by atoms with Gasteiger partial charge in [0.05, 0.1) is 0 Å². The molecule has 0 atom stereocenters. The van der Waals surface area contributed by atoms with Crippen LogP contribution in [0.2, 0.25) is 0 Å². The highest BCUT2D eigenvalue weighted by Crippen LogP contribution is 2.12. The van der Waals surface area contributed by atoms with Gasteiger partial charge in [-0.1, -0.05) is 33.6 Å². The van der Waals surface area contributed by atoms with Gasteiger partial charge in [0.1, 0.15) is 11.4 Å². The summed E-state index contributed by atoms with van der Waals surface area (Å²) in [5.74, 6) is 0. The minimum absolute atomic E-state index is 0. The zero-order valence-corrected chi connectivity index (χ0v) is 10.6. The SMILES string of the molecule is CC.CCCCCNc1c(NC)c(=O)c1=O.[HH].[HH]. The predicted octanol–water partition coefficient (Wildman–Crippen LogP) is 2.44. The summed E-state index contributed by atoms with van der Waals surface area (Å²) in [5.41, 5.74) is 0.0661. The van der Waals surface area contributed by atoms with Gasteiger partial charge in [-0.25, -0.2) is 0 Å². The van der Waals surface area contributed by atoms with E-state index in [1.54, 1.807) is 7.05 Å². The third kappa shape index (κ3) is 3.36. The van der Waals surface area contributed by atoms with Crippen molar-refractivity contribution in [3.63, 3.8) is 0 Å². The molecule has 0 bridgehead atoms. The van der Waals surface area contributed by atoms with Gasteiger partial charge in [-0.05, 0) is 6.42 Å². The minimum atomic E-state index is -0.412. The van der Waals surface area contributed by atoms with Crippen LogP contribution in [-0.4, -0.2) is 13.6 Å². The maximum Gasteiger partial charge on any atom is 0.253 e. The third-order valence-electron chi connectivity index (χ3n) is 2.24. The molecule has 1 aromatic rings. The number of rotatable bonds is 6. The van der Waals surface area contributed by atoms with E-state index in [-0.39, 0.29) is 2.85 Å². The molecule has 1 aromatic carbocycles. The fraction of sp³-hybridized carbons (Fsp3) is 0.667. The van der Waals surface area contributed by atoms with Crippen molar-refractivity contribution in [2.24, 2.45) is 0 Å². The van der Waals surface area contributed by atoms with Crippen molar-refractivity contribution in [1.29, 1.82) is 0 Å². The van der Waals surface area contributed by atoms with E-state index in [1.165, 1.54) is 0 Å². The largest absolute Gasteiger partial charge is 0.383 e. The van der Waals surface area contributed by atoms with Crippen molar-refractivity contribution in [2.45, 2.75) is 40.0 Å². The molecule has 2 N–H and O–H groups in total. The highest BCUT2D eigenvalue weighted by atomic mass is 16.2. The van der Waals surface area contributed by atoms with E-state index in [4.69, 9.17) is 0 Å². The number of nitrogens with one attached hydrogen (secondary N) is 2. The Labute approximate surface area is 99.7 Å². The van der Waals surface area contributed by atoms with Crippen LogP contribution in [-0.2, 0) is 0 Å². The first-order chi connectivity index (χ1) is 7.72. The molecule has 0 aliphatic rings. The van der Waals surface area contributed by atoms with Crippen LogP contribution in [0.4, 0.5) is 11.4 Å². The lowest BCUT2D eigenvalue weighted by Crippen LogP contribution is -2.36. The molecular formula is C12H26N2O2. The highest BCUT2D eigenvalue weighted by Gasteiger charge is 2.18. The molecule has 16 heavy (non-hydrogen) atoms. The topological polar surface area (TPSA) is 58.2 Å². The van der Waals surface area contributed by atoms with Crippen molar-refractivity contribution in [2.75, 3.05) is 24.2 Å². The summed E-state index contributed by atoms with van der Waals surface area (Å²) in [5, 5.41) is 5.70. The van der Waals surface area contributed by atoms with Crippen molar-refractivity contribution in [3.05, 3.63) is 20.4 Å². The summed E-state index contributed by atoms with van der Waals surface area (Å²) >= 11 is 0. The maximum absolute atomic E-state index is 11.1. The highest BCUT2D eigenvalue weighted by molar-refractivity contribution is 5.73. The van der Waals surface area contributed by atoms with Crippen molar-refractivity contribution >= 4 is 11.4 Å². The molecule has 4 nitrogen and oxygen atoms in total. The van der Waals surface area contributed by atoms with E-state index in [9.17, 15) is 9.59 Å². The summed E-state index contributed by atoms with van der Waals surface area (Å²) in [7, 11) is 1.65. The Morgan fingerprint density at radius 2 is 1.62 bits per heavy atom. The van der Waals surface area contributed by atoms with E-state index in [0.717, 1.165) is 25.8 Å². The Bertz CT molecular complexity index is 374. The van der Waals surface area contributed by atoms with Crippen LogP contribution in [0.5, 0.6) is 0 Å². The average Bonchev–Trinajstić information content (AvgIpc) is 2.34. The first-order valence-electron chi connectivity index (χ1n) is 5.97. The molecule has 0 aliphatic carbocycles. The summed E-state index contributed by atoms with van der Waals surface area (Å²) < 4.78 is 0. The molecule has 0 aromatic heterocycles. The molecule has 0 aliphatic heterocycles. The Balaban J connectivity index is -0.000000534. The van der Waals surface area contributed by atoms with Gasteiger partial charge in [0.2, 0.25) is 0 Å². The number of hydrogen-bond acceptors (Lipinski definition) is 4. The van der Waals surface area contributed by atoms with Gasteiger partial charge in [0.25, 0.3) is 10.9 Å². The van der Waals surface area contributed by atoms with Gasteiger partial charge < -0.3 is 10.6 Å². The van der Waals surface area contributed by atoms with Crippen LogP contribution in [0.25, 0.3) is 0 Å². The fourth-order valence-electron chi connectivity index (χ4n) is 1.39. The standard InChI is InChI=1S/C10H16N2O2.C2H6.2H2/c1-3-4-5-6-12-8-7(11-2)9(13)10(8)14;1-2;;/h11-12H,3-6H2,1-2H3;1-2H3;2*1H. The fourth-order valence-corrected chi connectivity index (χ4v) is 1.39. The molecule has 0 unspecified atom stereocenters. The van der Waals surface area contributed by atoms with Crippen LogP contribution in [0, 0.1) is 0 Å². The summed E-state index contributed by atoms with van der Waals surface area (Å²) in [6.07, 6.45) is 3.31. The lowest BCUT2D eigenvalue weighted by molar-refractivity contribution is 0.743. The predicted molar refractivity (Wildman–Crippen MR) is 74.5 cm³/mol. The second kappa shape index (κ2) is 7.91. The molecule has 0 saturated carbocycles. The average molecular weight is 230 g/mol. The molecule has 1 rings (SSSR count). The lowest BCUT2D eigenvalue weighted by Gasteiger charge is -2.11. The van der Waals surface area contributed by atoms with Crippen molar-refractivity contribution in [1.82, 2.24) is 0 Å². The van der Waals surface area contributed by atoms with Crippen LogP contribution >= 0.6 is 0 Å². The Morgan fingerprint density at radius 1 is 1.06 bits per heavy atom. The van der Waals surface area contributed by atoms with E-state index >= 15 is 0 Å². The lowest BCUT2D eigenvalue weighted by atomic mass is 10.2. The Morgan fingerprint density at radius 3 is 2.12 bits per heavy atom.